The number of amides is 1. The molecular formula is C27H25N3O3. The highest BCUT2D eigenvalue weighted by Crippen LogP contribution is 2.24. The highest BCUT2D eigenvalue weighted by Gasteiger charge is 2.05. The van der Waals surface area contributed by atoms with Gasteiger partial charge in [0.25, 0.3) is 0 Å². The number of fused-ring (bicyclic) bond motifs is 1. The monoisotopic (exact) mass is 439 g/mol. The van der Waals surface area contributed by atoms with Gasteiger partial charge in [-0.05, 0) is 42.3 Å². The van der Waals surface area contributed by atoms with Crippen LogP contribution in [0.1, 0.15) is 18.9 Å². The van der Waals surface area contributed by atoms with Crippen LogP contribution in [0.2, 0.25) is 0 Å². The van der Waals surface area contributed by atoms with Crippen LogP contribution in [0.15, 0.2) is 84.9 Å². The van der Waals surface area contributed by atoms with Crippen molar-refractivity contribution in [3.8, 4) is 23.1 Å². The third-order valence-electron chi connectivity index (χ3n) is 4.89. The molecule has 3 aromatic carbocycles. The van der Waals surface area contributed by atoms with Gasteiger partial charge in [-0.15, -0.1) is 0 Å². The molecule has 0 aliphatic heterocycles. The van der Waals surface area contributed by atoms with Gasteiger partial charge < -0.3 is 15.2 Å². The van der Waals surface area contributed by atoms with E-state index in [9.17, 15) is 4.79 Å². The van der Waals surface area contributed by atoms with E-state index in [0.717, 1.165) is 22.0 Å². The Kier molecular flexibility index (Phi) is 8.52. The van der Waals surface area contributed by atoms with Gasteiger partial charge in [-0.2, -0.15) is 5.26 Å². The number of rotatable bonds is 7. The largest absolute Gasteiger partial charge is 0.475 e. The third kappa shape index (κ3) is 6.63. The zero-order valence-corrected chi connectivity index (χ0v) is 18.3. The Morgan fingerprint density at radius 2 is 1.79 bits per heavy atom. The Balaban J connectivity index is 0.000000186. The number of carbonyl (C=O) groups is 1. The van der Waals surface area contributed by atoms with Crippen molar-refractivity contribution < 1.29 is 14.6 Å². The summed E-state index contributed by atoms with van der Waals surface area (Å²) in [6, 6.07) is 29.0. The van der Waals surface area contributed by atoms with E-state index in [1.165, 1.54) is 0 Å². The molecule has 0 aliphatic carbocycles. The van der Waals surface area contributed by atoms with Crippen molar-refractivity contribution in [3.05, 3.63) is 90.5 Å². The van der Waals surface area contributed by atoms with E-state index in [-0.39, 0.29) is 12.7 Å². The molecule has 1 unspecified atom stereocenters. The molecule has 33 heavy (non-hydrogen) atoms. The Morgan fingerprint density at radius 3 is 2.52 bits per heavy atom. The maximum Gasteiger partial charge on any atom is 0.214 e. The van der Waals surface area contributed by atoms with E-state index in [2.05, 4.69) is 16.4 Å². The van der Waals surface area contributed by atoms with Gasteiger partial charge in [-0.25, -0.2) is 4.98 Å². The smallest absolute Gasteiger partial charge is 0.214 e. The summed E-state index contributed by atoms with van der Waals surface area (Å²) in [5.74, 6) is 0.611. The molecule has 0 bridgehead atoms. The molecule has 0 saturated carbocycles. The number of nitriles is 1. The standard InChI is InChI=1S/C14H10N2O.C13H15NO2/c15-9-13-8-12(6-7-14(13)16-10-17)11-4-2-1-3-5-11;1-10(8-9-15)16-13-7-6-11-4-2-3-5-12(11)14-13/h1-8,10H,(H,16,17);2-7,10,15H,8-9H2,1H3. The first-order valence-electron chi connectivity index (χ1n) is 10.6. The number of pyridine rings is 1. The number of anilines is 1. The fourth-order valence-corrected chi connectivity index (χ4v) is 3.20. The lowest BCUT2D eigenvalue weighted by atomic mass is 10.0. The molecule has 1 atom stereocenters. The number of aromatic nitrogens is 1. The quantitative estimate of drug-likeness (QED) is 0.387. The predicted molar refractivity (Wildman–Crippen MR) is 130 cm³/mol. The number of hydrogen-bond acceptors (Lipinski definition) is 5. The van der Waals surface area contributed by atoms with Crippen LogP contribution < -0.4 is 10.1 Å². The molecule has 1 amide bonds. The van der Waals surface area contributed by atoms with Gasteiger partial charge in [0, 0.05) is 24.5 Å². The lowest BCUT2D eigenvalue weighted by molar-refractivity contribution is -0.105. The molecule has 0 spiro atoms. The van der Waals surface area contributed by atoms with Crippen LogP contribution in [0.3, 0.4) is 0 Å². The van der Waals surface area contributed by atoms with Gasteiger partial charge >= 0.3 is 0 Å². The van der Waals surface area contributed by atoms with Crippen LogP contribution >= 0.6 is 0 Å². The highest BCUT2D eigenvalue weighted by molar-refractivity contribution is 5.79. The first-order chi connectivity index (χ1) is 16.1. The lowest BCUT2D eigenvalue weighted by Gasteiger charge is -2.12. The molecule has 6 nitrogen and oxygen atoms in total. The van der Waals surface area contributed by atoms with Crippen LogP contribution in [0.5, 0.6) is 5.88 Å². The normalized spacial score (nSPS) is 10.9. The molecular weight excluding hydrogens is 414 g/mol. The number of nitrogens with zero attached hydrogens (tertiary/aromatic N) is 2. The number of aliphatic hydroxyl groups is 1. The van der Waals surface area contributed by atoms with E-state index in [4.69, 9.17) is 15.1 Å². The highest BCUT2D eigenvalue weighted by atomic mass is 16.5. The first kappa shape index (κ1) is 23.5. The molecule has 0 radical (unpaired) electrons. The van der Waals surface area contributed by atoms with Crippen molar-refractivity contribution in [1.29, 1.82) is 5.26 Å². The molecule has 166 valence electrons. The van der Waals surface area contributed by atoms with Gasteiger partial charge in [-0.3, -0.25) is 4.79 Å². The molecule has 4 aromatic rings. The molecule has 0 aliphatic rings. The summed E-state index contributed by atoms with van der Waals surface area (Å²) in [5.41, 5.74) is 3.91. The van der Waals surface area contributed by atoms with Crippen molar-refractivity contribution >= 4 is 23.0 Å². The summed E-state index contributed by atoms with van der Waals surface area (Å²) in [7, 11) is 0. The van der Waals surface area contributed by atoms with E-state index in [1.807, 2.05) is 79.7 Å². The Morgan fingerprint density at radius 1 is 1.03 bits per heavy atom. The van der Waals surface area contributed by atoms with Gasteiger partial charge in [0.15, 0.2) is 0 Å². The number of aliphatic hydroxyl groups excluding tert-OH is 1. The first-order valence-corrected chi connectivity index (χ1v) is 10.6. The summed E-state index contributed by atoms with van der Waals surface area (Å²) >= 11 is 0. The van der Waals surface area contributed by atoms with Gasteiger partial charge in [0.05, 0.1) is 22.9 Å². The van der Waals surface area contributed by atoms with Crippen LogP contribution in [0.25, 0.3) is 22.0 Å². The second kappa shape index (κ2) is 12.0. The van der Waals surface area contributed by atoms with Crippen LogP contribution in [0, 0.1) is 11.3 Å². The topological polar surface area (TPSA) is 95.2 Å². The SMILES string of the molecule is CC(CCO)Oc1ccc2ccccc2n1.N#Cc1cc(-c2ccccc2)ccc1NC=O. The average Bonchev–Trinajstić information content (AvgIpc) is 2.85. The summed E-state index contributed by atoms with van der Waals surface area (Å²) in [4.78, 5) is 14.8. The molecule has 0 saturated heterocycles. The van der Waals surface area contributed by atoms with Crippen molar-refractivity contribution in [2.75, 3.05) is 11.9 Å². The van der Waals surface area contributed by atoms with E-state index < -0.39 is 0 Å². The minimum absolute atomic E-state index is 0.0151. The number of hydrogen-bond donors (Lipinski definition) is 2. The summed E-state index contributed by atoms with van der Waals surface area (Å²) < 4.78 is 5.59. The Labute approximate surface area is 193 Å². The molecule has 0 fully saturated rings. The average molecular weight is 440 g/mol. The molecule has 4 rings (SSSR count). The van der Waals surface area contributed by atoms with Crippen molar-refractivity contribution in [2.45, 2.75) is 19.4 Å². The number of nitrogens with one attached hydrogen (secondary N) is 1. The predicted octanol–water partition coefficient (Wildman–Crippen LogP) is 5.18. The summed E-state index contributed by atoms with van der Waals surface area (Å²) in [5, 5.41) is 21.4. The fourth-order valence-electron chi connectivity index (χ4n) is 3.20. The van der Waals surface area contributed by atoms with Gasteiger partial charge in [0.1, 0.15) is 6.07 Å². The van der Waals surface area contributed by atoms with Crippen LogP contribution in [-0.2, 0) is 4.79 Å². The number of ether oxygens (including phenoxy) is 1. The number of benzene rings is 3. The van der Waals surface area contributed by atoms with E-state index in [1.54, 1.807) is 12.1 Å². The number of para-hydroxylation sites is 1. The third-order valence-corrected chi connectivity index (χ3v) is 4.89. The Hall–Kier alpha value is -4.21. The van der Waals surface area contributed by atoms with Crippen LogP contribution in [0.4, 0.5) is 5.69 Å². The molecule has 2 N–H and O–H groups in total. The zero-order chi connectivity index (χ0) is 23.5. The minimum Gasteiger partial charge on any atom is -0.475 e. The second-order valence-corrected chi connectivity index (χ2v) is 7.28. The maximum absolute atomic E-state index is 10.4. The van der Waals surface area contributed by atoms with Crippen molar-refractivity contribution in [2.24, 2.45) is 0 Å². The summed E-state index contributed by atoms with van der Waals surface area (Å²) in [6.07, 6.45) is 1.17. The maximum atomic E-state index is 10.4. The number of carbonyl (C=O) groups excluding carboxylic acids is 1. The fraction of sp³-hybridized carbons (Fsp3) is 0.148. The summed E-state index contributed by atoms with van der Waals surface area (Å²) in [6.45, 7) is 2.06. The van der Waals surface area contributed by atoms with E-state index in [0.29, 0.717) is 30.0 Å². The van der Waals surface area contributed by atoms with Gasteiger partial charge in [-0.1, -0.05) is 54.6 Å². The molecule has 1 aromatic heterocycles. The zero-order valence-electron chi connectivity index (χ0n) is 18.3. The molecule has 1 heterocycles. The van der Waals surface area contributed by atoms with Crippen LogP contribution in [-0.4, -0.2) is 29.2 Å². The van der Waals surface area contributed by atoms with Crippen molar-refractivity contribution in [1.82, 2.24) is 4.98 Å². The second-order valence-electron chi connectivity index (χ2n) is 7.28. The molecule has 6 heteroatoms. The Bertz CT molecular complexity index is 1240. The van der Waals surface area contributed by atoms with Crippen molar-refractivity contribution in [3.63, 3.8) is 0 Å². The van der Waals surface area contributed by atoms with E-state index >= 15 is 0 Å². The lowest BCUT2D eigenvalue weighted by Crippen LogP contribution is -2.14. The van der Waals surface area contributed by atoms with Gasteiger partial charge in [0.2, 0.25) is 12.3 Å². The minimum atomic E-state index is -0.0151.